The Labute approximate surface area is 118 Å². The number of hydrogen-bond donors (Lipinski definition) is 1. The summed E-state index contributed by atoms with van der Waals surface area (Å²) in [6, 6.07) is 0. The van der Waals surface area contributed by atoms with Crippen LogP contribution < -0.4 is 0 Å². The monoisotopic (exact) mass is 271 g/mol. The van der Waals surface area contributed by atoms with Crippen LogP contribution in [-0.4, -0.2) is 43.5 Å². The third kappa shape index (κ3) is 3.64. The lowest BCUT2D eigenvalue weighted by molar-refractivity contribution is 0.000851. The van der Waals surface area contributed by atoms with Gasteiger partial charge >= 0.3 is 0 Å². The lowest BCUT2D eigenvalue weighted by Gasteiger charge is -2.43. The molecule has 0 aromatic carbocycles. The van der Waals surface area contributed by atoms with Crippen LogP contribution in [-0.2, 0) is 4.74 Å². The predicted molar refractivity (Wildman–Crippen MR) is 80.3 cm³/mol. The molecular formula is C15H29NOS. The largest absolute Gasteiger partial charge is 0.381 e. The highest BCUT2D eigenvalue weighted by Gasteiger charge is 2.34. The van der Waals surface area contributed by atoms with Crippen LogP contribution in [0, 0.1) is 17.3 Å². The smallest absolute Gasteiger partial charge is 0.0472 e. The van der Waals surface area contributed by atoms with Crippen molar-refractivity contribution < 1.29 is 4.74 Å². The maximum atomic E-state index is 5.51. The quantitative estimate of drug-likeness (QED) is 0.789. The van der Waals surface area contributed by atoms with Crippen LogP contribution in [0.25, 0.3) is 0 Å². The average Bonchev–Trinajstić information content (AvgIpc) is 2.40. The molecule has 0 aromatic heterocycles. The molecule has 0 bridgehead atoms. The van der Waals surface area contributed by atoms with Gasteiger partial charge in [0, 0.05) is 19.8 Å². The molecular weight excluding hydrogens is 242 g/mol. The molecule has 2 aliphatic rings. The van der Waals surface area contributed by atoms with Crippen molar-refractivity contribution in [3.63, 3.8) is 0 Å². The summed E-state index contributed by atoms with van der Waals surface area (Å²) >= 11 is 4.62. The van der Waals surface area contributed by atoms with E-state index in [0.29, 0.717) is 5.41 Å². The van der Waals surface area contributed by atoms with E-state index in [4.69, 9.17) is 4.74 Å². The molecule has 2 heterocycles. The lowest BCUT2D eigenvalue weighted by atomic mass is 9.80. The highest BCUT2D eigenvalue weighted by atomic mass is 32.1. The maximum Gasteiger partial charge on any atom is 0.0472 e. The maximum absolute atomic E-state index is 5.51. The molecule has 0 spiro atoms. The van der Waals surface area contributed by atoms with Gasteiger partial charge in [-0.3, -0.25) is 0 Å². The Morgan fingerprint density at radius 2 is 1.83 bits per heavy atom. The van der Waals surface area contributed by atoms with Gasteiger partial charge in [-0.2, -0.15) is 12.6 Å². The van der Waals surface area contributed by atoms with Gasteiger partial charge in [0.05, 0.1) is 0 Å². The minimum atomic E-state index is 0.423. The molecule has 18 heavy (non-hydrogen) atoms. The number of piperidine rings is 1. The van der Waals surface area contributed by atoms with E-state index in [1.54, 1.807) is 0 Å². The molecule has 0 amide bonds. The van der Waals surface area contributed by atoms with Crippen LogP contribution in [0.1, 0.15) is 39.5 Å². The predicted octanol–water partition coefficient (Wildman–Crippen LogP) is 3.08. The number of ether oxygens (including phenoxy) is 1. The second-order valence-corrected chi connectivity index (χ2v) is 6.94. The van der Waals surface area contributed by atoms with Crippen molar-refractivity contribution in [1.29, 1.82) is 0 Å². The first kappa shape index (κ1) is 14.7. The number of nitrogens with zero attached hydrogens (tertiary/aromatic N) is 1. The highest BCUT2D eigenvalue weighted by molar-refractivity contribution is 7.80. The molecule has 106 valence electrons. The zero-order valence-electron chi connectivity index (χ0n) is 12.0. The van der Waals surface area contributed by atoms with Crippen molar-refractivity contribution in [2.75, 3.05) is 38.6 Å². The third-order valence-corrected chi connectivity index (χ3v) is 5.69. The van der Waals surface area contributed by atoms with Crippen LogP contribution in [0.5, 0.6) is 0 Å². The first-order valence-electron chi connectivity index (χ1n) is 7.56. The van der Waals surface area contributed by atoms with Gasteiger partial charge in [-0.25, -0.2) is 0 Å². The Balaban J connectivity index is 1.82. The number of likely N-dealkylation sites (tertiary alicyclic amines) is 1. The van der Waals surface area contributed by atoms with E-state index < -0.39 is 0 Å². The Bertz CT molecular complexity index is 243. The molecule has 0 N–H and O–H groups in total. The summed E-state index contributed by atoms with van der Waals surface area (Å²) in [6.07, 6.45) is 5.16. The van der Waals surface area contributed by atoms with Gasteiger partial charge in [-0.1, -0.05) is 13.8 Å². The third-order valence-electron chi connectivity index (χ3n) is 5.02. The standard InChI is InChI=1S/C15H29NOS/c1-13(2)14-3-7-16(8-4-14)11-15(12-18)5-9-17-10-6-15/h13-14,18H,3-12H2,1-2H3. The molecule has 2 saturated heterocycles. The van der Waals surface area contributed by atoms with E-state index in [2.05, 4.69) is 31.4 Å². The van der Waals surface area contributed by atoms with Crippen LogP contribution in [0.4, 0.5) is 0 Å². The molecule has 2 aliphatic heterocycles. The molecule has 0 radical (unpaired) electrons. The van der Waals surface area contributed by atoms with E-state index in [-0.39, 0.29) is 0 Å². The number of rotatable bonds is 4. The van der Waals surface area contributed by atoms with Gasteiger partial charge in [0.1, 0.15) is 0 Å². The first-order chi connectivity index (χ1) is 8.65. The van der Waals surface area contributed by atoms with Crippen LogP contribution in [0.3, 0.4) is 0 Å². The fraction of sp³-hybridized carbons (Fsp3) is 1.00. The van der Waals surface area contributed by atoms with E-state index in [1.165, 1.54) is 45.3 Å². The van der Waals surface area contributed by atoms with Crippen molar-refractivity contribution in [3.8, 4) is 0 Å². The van der Waals surface area contributed by atoms with Gasteiger partial charge < -0.3 is 9.64 Å². The molecule has 0 saturated carbocycles. The summed E-state index contributed by atoms with van der Waals surface area (Å²) in [5, 5.41) is 0. The molecule has 0 aromatic rings. The summed E-state index contributed by atoms with van der Waals surface area (Å²) in [5.74, 6) is 2.82. The first-order valence-corrected chi connectivity index (χ1v) is 8.19. The van der Waals surface area contributed by atoms with Gasteiger partial charge in [0.15, 0.2) is 0 Å². The molecule has 3 heteroatoms. The zero-order valence-corrected chi connectivity index (χ0v) is 12.9. The topological polar surface area (TPSA) is 12.5 Å². The molecule has 0 atom stereocenters. The van der Waals surface area contributed by atoms with Crippen LogP contribution >= 0.6 is 12.6 Å². The molecule has 0 unspecified atom stereocenters. The van der Waals surface area contributed by atoms with Crippen molar-refractivity contribution in [2.24, 2.45) is 17.3 Å². The number of thiol groups is 1. The fourth-order valence-corrected chi connectivity index (χ4v) is 3.84. The van der Waals surface area contributed by atoms with Gasteiger partial charge in [-0.05, 0) is 61.8 Å². The highest BCUT2D eigenvalue weighted by Crippen LogP contribution is 2.34. The summed E-state index contributed by atoms with van der Waals surface area (Å²) in [6.45, 7) is 10.4. The molecule has 0 aliphatic carbocycles. The van der Waals surface area contributed by atoms with E-state index >= 15 is 0 Å². The summed E-state index contributed by atoms with van der Waals surface area (Å²) in [5.41, 5.74) is 0.423. The van der Waals surface area contributed by atoms with Crippen LogP contribution in [0.15, 0.2) is 0 Å². The Morgan fingerprint density at radius 3 is 2.33 bits per heavy atom. The second kappa shape index (κ2) is 6.62. The van der Waals surface area contributed by atoms with Crippen molar-refractivity contribution in [2.45, 2.75) is 39.5 Å². The Morgan fingerprint density at radius 1 is 1.22 bits per heavy atom. The van der Waals surface area contributed by atoms with Gasteiger partial charge in [0.25, 0.3) is 0 Å². The zero-order chi connectivity index (χ0) is 13.0. The molecule has 2 nitrogen and oxygen atoms in total. The fourth-order valence-electron chi connectivity index (χ4n) is 3.42. The summed E-state index contributed by atoms with van der Waals surface area (Å²) < 4.78 is 5.51. The normalized spacial score (nSPS) is 26.7. The molecule has 2 fully saturated rings. The van der Waals surface area contributed by atoms with Crippen molar-refractivity contribution >= 4 is 12.6 Å². The number of hydrogen-bond acceptors (Lipinski definition) is 3. The van der Waals surface area contributed by atoms with Crippen molar-refractivity contribution in [1.82, 2.24) is 4.90 Å². The van der Waals surface area contributed by atoms with E-state index in [0.717, 1.165) is 30.8 Å². The minimum Gasteiger partial charge on any atom is -0.381 e. The van der Waals surface area contributed by atoms with E-state index in [9.17, 15) is 0 Å². The SMILES string of the molecule is CC(C)C1CCN(CC2(CS)CCOCC2)CC1. The molecule has 2 rings (SSSR count). The minimum absolute atomic E-state index is 0.423. The van der Waals surface area contributed by atoms with Gasteiger partial charge in [0.2, 0.25) is 0 Å². The summed E-state index contributed by atoms with van der Waals surface area (Å²) in [7, 11) is 0. The van der Waals surface area contributed by atoms with E-state index in [1.807, 2.05) is 0 Å². The summed E-state index contributed by atoms with van der Waals surface area (Å²) in [4.78, 5) is 2.68. The average molecular weight is 271 g/mol. The lowest BCUT2D eigenvalue weighted by Crippen LogP contribution is -2.46. The second-order valence-electron chi connectivity index (χ2n) is 6.63. The van der Waals surface area contributed by atoms with Crippen molar-refractivity contribution in [3.05, 3.63) is 0 Å². The van der Waals surface area contributed by atoms with Crippen LogP contribution in [0.2, 0.25) is 0 Å². The Hall–Kier alpha value is 0.270. The van der Waals surface area contributed by atoms with Gasteiger partial charge in [-0.15, -0.1) is 0 Å². The Kier molecular flexibility index (Phi) is 5.40.